The standard InChI is InChI=1S/C40H42N2O8.C22H26O6.C9H10O4/c1-40(2,3)50-36(43)26-47-32-17-14-27(15-18-32)22-35(39(45)48-24-28-10-6-4-7-11-28)49-38(44)29-16-19-34-33(23-29)41-37(30-20-21-46-25-30)42(34)31-12-8-5-9-13-31;1-22(2,3)28-20(24)15-26-18-11-9-16(10-12-18)13-19(23)21(25)27-14-17-7-5-4-6-8-17;10-7-3-1-6(2-4-7)5-8(11)9(12)13/h4,6-7,10-11,14-21,23,25,31,35H,5,8-9,12-13,22,24,26H2,1-3H3;4-12,19,23H,13-15H2,1-3H3;1-4,8,10-11H,5H2,(H,12,13). The van der Waals surface area contributed by atoms with Crippen molar-refractivity contribution >= 4 is 46.8 Å². The molecule has 1 aliphatic carbocycles. The van der Waals surface area contributed by atoms with Gasteiger partial charge in [-0.1, -0.05) is 116 Å². The number of phenolic OH excluding ortho intramolecular Hbond substituents is 1. The Morgan fingerprint density at radius 1 is 0.582 bits per heavy atom. The van der Waals surface area contributed by atoms with Gasteiger partial charge in [0, 0.05) is 25.3 Å². The smallest absolute Gasteiger partial charge is 0.348 e. The van der Waals surface area contributed by atoms with Crippen molar-refractivity contribution in [3.63, 3.8) is 0 Å². The zero-order valence-electron chi connectivity index (χ0n) is 51.9. The fourth-order valence-corrected chi connectivity index (χ4v) is 9.48. The fraction of sp³-hybridized carbons (Fsp3) is 0.338. The van der Waals surface area contributed by atoms with Crippen molar-refractivity contribution in [2.24, 2.45) is 0 Å². The highest BCUT2D eigenvalue weighted by atomic mass is 16.6. The number of fused-ring (bicyclic) bond motifs is 1. The number of hydrogen-bond acceptors (Lipinski definition) is 18. The summed E-state index contributed by atoms with van der Waals surface area (Å²) in [5, 5.41) is 36.3. The Bertz CT molecular complexity index is 3610. The van der Waals surface area contributed by atoms with E-state index in [1.165, 1.54) is 18.6 Å². The molecule has 0 aliphatic heterocycles. The fourth-order valence-electron chi connectivity index (χ4n) is 9.48. The molecule has 6 aromatic carbocycles. The average molecular weight is 1250 g/mol. The molecule has 0 saturated heterocycles. The van der Waals surface area contributed by atoms with E-state index in [9.17, 15) is 33.9 Å². The Labute approximate surface area is 528 Å². The SMILES string of the molecule is CC(C)(C)OC(=O)COc1ccc(CC(O)C(=O)OCc2ccccc2)cc1.CC(C)(C)OC(=O)COc1ccc(CC(OC(=O)c2ccc3c(c2)nc(-c2ccoc2)n3C2CCCCC2)C(=O)OCc2ccccc2)cc1.O=C(O)C(O)Cc1ccc(O)cc1. The van der Waals surface area contributed by atoms with Gasteiger partial charge in [0.1, 0.15) is 53.8 Å². The third kappa shape index (κ3) is 23.0. The highest BCUT2D eigenvalue weighted by Crippen LogP contribution is 2.36. The third-order valence-corrected chi connectivity index (χ3v) is 13.8. The van der Waals surface area contributed by atoms with E-state index in [-0.39, 0.29) is 57.0 Å². The summed E-state index contributed by atoms with van der Waals surface area (Å²) in [4.78, 5) is 77.9. The minimum Gasteiger partial charge on any atom is -0.508 e. The van der Waals surface area contributed by atoms with Crippen molar-refractivity contribution in [3.05, 3.63) is 204 Å². The van der Waals surface area contributed by atoms with Gasteiger partial charge in [-0.15, -0.1) is 0 Å². The number of phenols is 1. The van der Waals surface area contributed by atoms with E-state index in [2.05, 4.69) is 4.57 Å². The molecule has 1 saturated carbocycles. The number of rotatable bonds is 23. The molecule has 0 amide bonds. The van der Waals surface area contributed by atoms with Gasteiger partial charge in [-0.25, -0.2) is 33.8 Å². The summed E-state index contributed by atoms with van der Waals surface area (Å²) >= 11 is 0. The second-order valence-corrected chi connectivity index (χ2v) is 23.6. The van der Waals surface area contributed by atoms with E-state index in [1.807, 2.05) is 72.8 Å². The van der Waals surface area contributed by atoms with Crippen molar-refractivity contribution in [2.75, 3.05) is 13.2 Å². The molecular weight excluding hydrogens is 1170 g/mol. The zero-order chi connectivity index (χ0) is 65.5. The van der Waals surface area contributed by atoms with Crippen molar-refractivity contribution in [1.82, 2.24) is 9.55 Å². The first kappa shape index (κ1) is 68.7. The largest absolute Gasteiger partial charge is 0.508 e. The summed E-state index contributed by atoms with van der Waals surface area (Å²) in [7, 11) is 0. The number of carbonyl (C=O) groups excluding carboxylic acids is 5. The maximum Gasteiger partial charge on any atom is 0.348 e. The molecule has 3 unspecified atom stereocenters. The number of ether oxygens (including phenoxy) is 7. The maximum absolute atomic E-state index is 13.6. The van der Waals surface area contributed by atoms with Crippen molar-refractivity contribution in [2.45, 2.75) is 142 Å². The molecule has 0 radical (unpaired) electrons. The summed E-state index contributed by atoms with van der Waals surface area (Å²) < 4.78 is 45.7. The molecule has 20 nitrogen and oxygen atoms in total. The summed E-state index contributed by atoms with van der Waals surface area (Å²) in [5.41, 5.74) is 5.35. The Balaban J connectivity index is 0.000000239. The first-order valence-electron chi connectivity index (χ1n) is 29.9. The van der Waals surface area contributed by atoms with Crippen molar-refractivity contribution in [3.8, 4) is 28.6 Å². The summed E-state index contributed by atoms with van der Waals surface area (Å²) in [5.74, 6) is -2.31. The van der Waals surface area contributed by atoms with Crippen LogP contribution >= 0.6 is 0 Å². The number of aromatic hydroxyl groups is 1. The lowest BCUT2D eigenvalue weighted by atomic mass is 9.95. The third-order valence-electron chi connectivity index (χ3n) is 13.8. The highest BCUT2D eigenvalue weighted by Gasteiger charge is 2.29. The number of imidazole rings is 1. The first-order chi connectivity index (χ1) is 43.4. The molecule has 480 valence electrons. The number of furan rings is 1. The predicted octanol–water partition coefficient (Wildman–Crippen LogP) is 11.5. The predicted molar refractivity (Wildman–Crippen MR) is 336 cm³/mol. The Morgan fingerprint density at radius 2 is 1.08 bits per heavy atom. The van der Waals surface area contributed by atoms with Gasteiger partial charge in [0.15, 0.2) is 25.4 Å². The monoisotopic (exact) mass is 1250 g/mol. The van der Waals surface area contributed by atoms with Gasteiger partial charge in [0.2, 0.25) is 6.10 Å². The molecule has 9 rings (SSSR count). The molecule has 20 heteroatoms. The van der Waals surface area contributed by atoms with Crippen LogP contribution in [0.1, 0.15) is 118 Å². The topological polar surface area (TPSA) is 279 Å². The number of aliphatic hydroxyl groups is 2. The number of aliphatic carboxylic acids is 1. The molecule has 4 N–H and O–H groups in total. The number of nitrogens with zero attached hydrogens (tertiary/aromatic N) is 2. The van der Waals surface area contributed by atoms with Gasteiger partial charge in [-0.2, -0.15) is 0 Å². The van der Waals surface area contributed by atoms with Crippen molar-refractivity contribution < 1.29 is 86.8 Å². The Kier molecular flexibility index (Phi) is 25.0. The van der Waals surface area contributed by atoms with E-state index in [1.54, 1.807) is 127 Å². The van der Waals surface area contributed by atoms with Crippen LogP contribution in [0.4, 0.5) is 0 Å². The quantitative estimate of drug-likeness (QED) is 0.0342. The van der Waals surface area contributed by atoms with Crippen LogP contribution in [0.25, 0.3) is 22.4 Å². The molecule has 0 bridgehead atoms. The van der Waals surface area contributed by atoms with Crippen LogP contribution in [0, 0.1) is 0 Å². The molecule has 1 fully saturated rings. The van der Waals surface area contributed by atoms with Crippen LogP contribution in [0.5, 0.6) is 17.2 Å². The molecule has 2 heterocycles. The lowest BCUT2D eigenvalue weighted by molar-refractivity contribution is -0.158. The van der Waals surface area contributed by atoms with E-state index in [4.69, 9.17) is 57.9 Å². The van der Waals surface area contributed by atoms with Gasteiger partial charge in [0.25, 0.3) is 0 Å². The van der Waals surface area contributed by atoms with Crippen LogP contribution < -0.4 is 9.47 Å². The number of carboxylic acids is 1. The van der Waals surface area contributed by atoms with Crippen LogP contribution in [-0.2, 0) is 80.1 Å². The number of aromatic nitrogens is 2. The van der Waals surface area contributed by atoms with E-state index < -0.39 is 65.3 Å². The van der Waals surface area contributed by atoms with Crippen LogP contribution in [-0.4, -0.2) is 109 Å². The summed E-state index contributed by atoms with van der Waals surface area (Å²) in [6.07, 6.45) is 5.34. The average Bonchev–Trinajstić information content (AvgIpc) is 1.73. The second kappa shape index (κ2) is 33.2. The molecular formula is C71H78N2O18. The molecule has 2 aromatic heterocycles. The van der Waals surface area contributed by atoms with Gasteiger partial charge in [0.05, 0.1) is 28.4 Å². The number of aliphatic hydroxyl groups excluding tert-OH is 2. The molecule has 91 heavy (non-hydrogen) atoms. The second-order valence-electron chi connectivity index (χ2n) is 23.6. The van der Waals surface area contributed by atoms with Gasteiger partial charge in [-0.3, -0.25) is 0 Å². The van der Waals surface area contributed by atoms with Gasteiger partial charge >= 0.3 is 35.8 Å². The van der Waals surface area contributed by atoms with Crippen LogP contribution in [0.2, 0.25) is 0 Å². The molecule has 8 aromatic rings. The minimum absolute atomic E-state index is 0.0342. The van der Waals surface area contributed by atoms with Crippen LogP contribution in [0.15, 0.2) is 175 Å². The van der Waals surface area contributed by atoms with E-state index in [0.29, 0.717) is 34.2 Å². The lowest BCUT2D eigenvalue weighted by Crippen LogP contribution is -2.31. The van der Waals surface area contributed by atoms with Gasteiger partial charge < -0.3 is 62.6 Å². The molecule has 3 atom stereocenters. The Hall–Kier alpha value is -9.79. The Morgan fingerprint density at radius 3 is 1.57 bits per heavy atom. The highest BCUT2D eigenvalue weighted by molar-refractivity contribution is 5.96. The van der Waals surface area contributed by atoms with Crippen molar-refractivity contribution in [1.29, 1.82) is 0 Å². The number of hydrogen-bond donors (Lipinski definition) is 4. The number of carbonyl (C=O) groups is 6. The van der Waals surface area contributed by atoms with Crippen LogP contribution in [0.3, 0.4) is 0 Å². The van der Waals surface area contributed by atoms with Gasteiger partial charge in [-0.05, 0) is 143 Å². The zero-order valence-corrected chi connectivity index (χ0v) is 51.9. The summed E-state index contributed by atoms with van der Waals surface area (Å²) in [6, 6.07) is 45.8. The lowest BCUT2D eigenvalue weighted by Gasteiger charge is -2.25. The number of benzene rings is 6. The maximum atomic E-state index is 13.6. The first-order valence-corrected chi connectivity index (χ1v) is 29.9. The molecule has 0 spiro atoms. The molecule has 1 aliphatic rings. The minimum atomic E-state index is -1.38. The number of esters is 5. The van der Waals surface area contributed by atoms with E-state index in [0.717, 1.165) is 59.3 Å². The summed E-state index contributed by atoms with van der Waals surface area (Å²) in [6.45, 7) is 10.5. The normalized spacial score (nSPS) is 13.3. The number of carboxylic acid groups (broad SMARTS) is 1. The van der Waals surface area contributed by atoms with E-state index >= 15 is 0 Å².